The number of anilines is 1. The van der Waals surface area contributed by atoms with Gasteiger partial charge in [0.15, 0.2) is 5.82 Å². The van der Waals surface area contributed by atoms with E-state index in [4.69, 9.17) is 15.2 Å². The zero-order valence-electron chi connectivity index (χ0n) is 10.7. The summed E-state index contributed by atoms with van der Waals surface area (Å²) in [5.74, 6) is 1.18. The monoisotopic (exact) mass is 260 g/mol. The summed E-state index contributed by atoms with van der Waals surface area (Å²) in [7, 11) is 0. The molecule has 0 spiro atoms. The van der Waals surface area contributed by atoms with Crippen LogP contribution in [0.25, 0.3) is 11.3 Å². The van der Waals surface area contributed by atoms with Crippen LogP contribution in [0, 0.1) is 5.41 Å². The number of H-pyrrole nitrogens is 1. The highest BCUT2D eigenvalue weighted by Gasteiger charge is 2.34. The average molecular weight is 260 g/mol. The van der Waals surface area contributed by atoms with E-state index in [2.05, 4.69) is 22.3 Å². The molecular weight excluding hydrogens is 244 g/mol. The molecule has 1 saturated heterocycles. The van der Waals surface area contributed by atoms with Crippen LogP contribution in [0.5, 0.6) is 5.75 Å². The molecule has 3 rings (SSSR count). The van der Waals surface area contributed by atoms with Gasteiger partial charge in [0.1, 0.15) is 11.4 Å². The lowest BCUT2D eigenvalue weighted by molar-refractivity contribution is -0.120. The molecule has 0 radical (unpaired) electrons. The van der Waals surface area contributed by atoms with E-state index in [0.29, 0.717) is 18.1 Å². The van der Waals surface area contributed by atoms with Crippen molar-refractivity contribution < 1.29 is 9.47 Å². The first-order chi connectivity index (χ1) is 9.16. The second kappa shape index (κ2) is 4.55. The smallest absolute Gasteiger partial charge is 0.173 e. The molecule has 2 aromatic rings. The first-order valence-corrected chi connectivity index (χ1v) is 6.14. The van der Waals surface area contributed by atoms with Crippen molar-refractivity contribution in [3.05, 3.63) is 24.3 Å². The van der Waals surface area contributed by atoms with E-state index in [-0.39, 0.29) is 5.41 Å². The molecule has 0 amide bonds. The number of nitrogens with one attached hydrogen (secondary N) is 1. The molecular formula is C13H16N4O2. The van der Waals surface area contributed by atoms with Crippen LogP contribution in [0.1, 0.15) is 6.92 Å². The van der Waals surface area contributed by atoms with Gasteiger partial charge in [0.2, 0.25) is 0 Å². The van der Waals surface area contributed by atoms with Gasteiger partial charge in [-0.3, -0.25) is 0 Å². The zero-order valence-corrected chi connectivity index (χ0v) is 10.7. The summed E-state index contributed by atoms with van der Waals surface area (Å²) in [4.78, 5) is 0. The number of hydrogen-bond donors (Lipinski definition) is 2. The predicted octanol–water partition coefficient (Wildman–Crippen LogP) is 1.47. The molecule has 1 aliphatic rings. The van der Waals surface area contributed by atoms with Crippen molar-refractivity contribution in [3.63, 3.8) is 0 Å². The Bertz CT molecular complexity index is 578. The van der Waals surface area contributed by atoms with Gasteiger partial charge < -0.3 is 15.2 Å². The van der Waals surface area contributed by atoms with Crippen LogP contribution >= 0.6 is 0 Å². The highest BCUT2D eigenvalue weighted by Crippen LogP contribution is 2.29. The van der Waals surface area contributed by atoms with E-state index in [1.807, 2.05) is 24.3 Å². The SMILES string of the molecule is CC1(COc2cccc(-c3n[nH]nc3N)c2)COC1. The first kappa shape index (κ1) is 12.0. The lowest BCUT2D eigenvalue weighted by atomic mass is 9.90. The summed E-state index contributed by atoms with van der Waals surface area (Å²) in [5.41, 5.74) is 7.39. The van der Waals surface area contributed by atoms with Crippen LogP contribution < -0.4 is 10.5 Å². The molecule has 1 fully saturated rings. The van der Waals surface area contributed by atoms with E-state index in [1.54, 1.807) is 0 Å². The summed E-state index contributed by atoms with van der Waals surface area (Å²) in [6.45, 7) is 4.30. The molecule has 6 nitrogen and oxygen atoms in total. The van der Waals surface area contributed by atoms with Gasteiger partial charge in [0.25, 0.3) is 0 Å². The minimum Gasteiger partial charge on any atom is -0.493 e. The molecule has 0 aliphatic carbocycles. The molecule has 0 bridgehead atoms. The fraction of sp³-hybridized carbons (Fsp3) is 0.385. The van der Waals surface area contributed by atoms with Gasteiger partial charge in [-0.05, 0) is 12.1 Å². The quantitative estimate of drug-likeness (QED) is 0.869. The van der Waals surface area contributed by atoms with E-state index in [0.717, 1.165) is 24.5 Å². The molecule has 1 aromatic heterocycles. The van der Waals surface area contributed by atoms with Gasteiger partial charge in [-0.25, -0.2) is 0 Å². The molecule has 19 heavy (non-hydrogen) atoms. The summed E-state index contributed by atoms with van der Waals surface area (Å²) in [6.07, 6.45) is 0. The molecule has 0 saturated carbocycles. The summed E-state index contributed by atoms with van der Waals surface area (Å²) in [5, 5.41) is 10.3. The van der Waals surface area contributed by atoms with Crippen molar-refractivity contribution in [3.8, 4) is 17.0 Å². The fourth-order valence-electron chi connectivity index (χ4n) is 1.98. The van der Waals surface area contributed by atoms with E-state index in [1.165, 1.54) is 0 Å². The maximum Gasteiger partial charge on any atom is 0.173 e. The van der Waals surface area contributed by atoms with Crippen LogP contribution in [0.2, 0.25) is 0 Å². The Morgan fingerprint density at radius 1 is 1.42 bits per heavy atom. The van der Waals surface area contributed by atoms with Gasteiger partial charge >= 0.3 is 0 Å². The van der Waals surface area contributed by atoms with Crippen molar-refractivity contribution in [2.24, 2.45) is 5.41 Å². The van der Waals surface area contributed by atoms with Gasteiger partial charge in [-0.15, -0.1) is 5.10 Å². The molecule has 3 N–H and O–H groups in total. The Labute approximate surface area is 110 Å². The normalized spacial score (nSPS) is 16.9. The number of hydrogen-bond acceptors (Lipinski definition) is 5. The molecule has 100 valence electrons. The Kier molecular flexibility index (Phi) is 2.87. The van der Waals surface area contributed by atoms with Gasteiger partial charge in [-0.2, -0.15) is 10.3 Å². The summed E-state index contributed by atoms with van der Waals surface area (Å²) >= 11 is 0. The van der Waals surface area contributed by atoms with Gasteiger partial charge in [0, 0.05) is 11.0 Å². The minimum atomic E-state index is 0.128. The third kappa shape index (κ3) is 2.39. The Balaban J connectivity index is 1.75. The fourth-order valence-corrected chi connectivity index (χ4v) is 1.98. The van der Waals surface area contributed by atoms with Crippen molar-refractivity contribution >= 4 is 5.82 Å². The van der Waals surface area contributed by atoms with Crippen molar-refractivity contribution in [2.75, 3.05) is 25.6 Å². The van der Waals surface area contributed by atoms with E-state index < -0.39 is 0 Å². The number of aromatic amines is 1. The van der Waals surface area contributed by atoms with Gasteiger partial charge in [0.05, 0.1) is 19.8 Å². The molecule has 1 aliphatic heterocycles. The molecule has 0 unspecified atom stereocenters. The van der Waals surface area contributed by atoms with E-state index >= 15 is 0 Å². The van der Waals surface area contributed by atoms with Crippen LogP contribution in [0.15, 0.2) is 24.3 Å². The van der Waals surface area contributed by atoms with E-state index in [9.17, 15) is 0 Å². The van der Waals surface area contributed by atoms with Crippen LogP contribution in [0.3, 0.4) is 0 Å². The Morgan fingerprint density at radius 3 is 2.89 bits per heavy atom. The Morgan fingerprint density at radius 2 is 2.26 bits per heavy atom. The Hall–Kier alpha value is -2.08. The van der Waals surface area contributed by atoms with Crippen LogP contribution in [-0.2, 0) is 4.74 Å². The standard InChI is InChI=1S/C13H16N4O2/c1-13(6-18-7-13)8-19-10-4-2-3-9(5-10)11-12(14)16-17-15-11/h2-5H,6-8H2,1H3,(H3,14,15,16,17). The number of aromatic nitrogens is 3. The first-order valence-electron chi connectivity index (χ1n) is 6.14. The highest BCUT2D eigenvalue weighted by atomic mass is 16.5. The van der Waals surface area contributed by atoms with Crippen molar-refractivity contribution in [1.82, 2.24) is 15.4 Å². The zero-order chi connectivity index (χ0) is 13.3. The number of nitrogens with zero attached hydrogens (tertiary/aromatic N) is 2. The average Bonchev–Trinajstić information content (AvgIpc) is 2.81. The number of benzene rings is 1. The van der Waals surface area contributed by atoms with Gasteiger partial charge in [-0.1, -0.05) is 19.1 Å². The number of nitrogens with two attached hydrogens (primary N) is 1. The second-order valence-electron chi connectivity index (χ2n) is 5.18. The third-order valence-electron chi connectivity index (χ3n) is 3.17. The summed E-state index contributed by atoms with van der Waals surface area (Å²) in [6, 6.07) is 7.67. The molecule has 0 atom stereocenters. The molecule has 1 aromatic carbocycles. The molecule has 2 heterocycles. The van der Waals surface area contributed by atoms with Crippen molar-refractivity contribution in [1.29, 1.82) is 0 Å². The topological polar surface area (TPSA) is 86.0 Å². The van der Waals surface area contributed by atoms with Crippen molar-refractivity contribution in [2.45, 2.75) is 6.92 Å². The lowest BCUT2D eigenvalue weighted by Crippen LogP contribution is -2.44. The largest absolute Gasteiger partial charge is 0.493 e. The highest BCUT2D eigenvalue weighted by molar-refractivity contribution is 5.70. The lowest BCUT2D eigenvalue weighted by Gasteiger charge is -2.37. The van der Waals surface area contributed by atoms with Crippen LogP contribution in [-0.4, -0.2) is 35.2 Å². The number of nitrogen functional groups attached to an aromatic ring is 1. The number of rotatable bonds is 4. The maximum atomic E-state index is 5.81. The number of ether oxygens (including phenoxy) is 2. The second-order valence-corrected chi connectivity index (χ2v) is 5.18. The molecule has 6 heteroatoms. The predicted molar refractivity (Wildman–Crippen MR) is 70.7 cm³/mol. The third-order valence-corrected chi connectivity index (χ3v) is 3.17. The summed E-state index contributed by atoms with van der Waals surface area (Å²) < 4.78 is 11.0. The maximum absolute atomic E-state index is 5.81. The minimum absolute atomic E-state index is 0.128. The van der Waals surface area contributed by atoms with Crippen LogP contribution in [0.4, 0.5) is 5.82 Å².